The van der Waals surface area contributed by atoms with Crippen molar-refractivity contribution in [3.05, 3.63) is 28.5 Å². The predicted octanol–water partition coefficient (Wildman–Crippen LogP) is 4.55. The maximum absolute atomic E-state index is 13.7. The number of rotatable bonds is 6. The van der Waals surface area contributed by atoms with Crippen LogP contribution in [0.25, 0.3) is 0 Å². The molecule has 9 nitrogen and oxygen atoms in total. The van der Waals surface area contributed by atoms with Gasteiger partial charge in [0, 0.05) is 6.92 Å². The molecule has 0 radical (unpaired) electrons. The van der Waals surface area contributed by atoms with Gasteiger partial charge < -0.3 is 18.4 Å². The van der Waals surface area contributed by atoms with Gasteiger partial charge in [0.25, 0.3) is 0 Å². The number of aromatic nitrogens is 2. The predicted molar refractivity (Wildman–Crippen MR) is 120 cm³/mol. The van der Waals surface area contributed by atoms with E-state index >= 15 is 0 Å². The van der Waals surface area contributed by atoms with Gasteiger partial charge in [-0.1, -0.05) is 17.6 Å². The Morgan fingerprint density at radius 2 is 1.97 bits per heavy atom. The Morgan fingerprint density at radius 1 is 1.31 bits per heavy atom. The normalized spacial score (nSPS) is 25.2. The average Bonchev–Trinajstić information content (AvgIpc) is 3.17. The van der Waals surface area contributed by atoms with Crippen molar-refractivity contribution in [3.8, 4) is 0 Å². The number of hydrogen-bond donors (Lipinski definition) is 1. The number of anilines is 1. The summed E-state index contributed by atoms with van der Waals surface area (Å²) in [5.41, 5.74) is -3.36. The molecule has 1 heterocycles. The number of nitrogens with zero attached hydrogens (tertiary/aromatic N) is 2. The summed E-state index contributed by atoms with van der Waals surface area (Å²) in [7, 11) is 0. The van der Waals surface area contributed by atoms with Gasteiger partial charge in [0.05, 0.1) is 0 Å². The molecule has 194 valence electrons. The van der Waals surface area contributed by atoms with Crippen LogP contribution in [0.15, 0.2) is 27.0 Å². The lowest BCUT2D eigenvalue weighted by atomic mass is 9.74. The lowest BCUT2D eigenvalue weighted by Gasteiger charge is -2.40. The summed E-state index contributed by atoms with van der Waals surface area (Å²) in [4.78, 5) is 25.2. The van der Waals surface area contributed by atoms with Crippen LogP contribution < -0.4 is 5.32 Å². The van der Waals surface area contributed by atoms with Gasteiger partial charge in [-0.2, -0.15) is 13.2 Å². The second-order valence-electron chi connectivity index (χ2n) is 8.33. The Morgan fingerprint density at radius 3 is 2.51 bits per heavy atom. The maximum Gasteiger partial charge on any atom is 0.508 e. The lowest BCUT2D eigenvalue weighted by Crippen LogP contribution is -2.54. The molecule has 1 aromatic heterocycles. The molecule has 0 spiro atoms. The SMILES string of the molecule is Cc1nnc(NC(=O)C2(C(C)OC(=O)OC3CCCCC3)C=CC(C(F)(F)F)=C([S+](C)[O-])C2Cl)o1. The van der Waals surface area contributed by atoms with E-state index in [9.17, 15) is 27.3 Å². The molecule has 4 atom stereocenters. The molecule has 0 aliphatic heterocycles. The Kier molecular flexibility index (Phi) is 8.43. The largest absolute Gasteiger partial charge is 0.612 e. The van der Waals surface area contributed by atoms with Crippen molar-refractivity contribution < 1.29 is 41.2 Å². The van der Waals surface area contributed by atoms with Gasteiger partial charge in [0.2, 0.25) is 11.8 Å². The molecule has 0 aromatic carbocycles. The molecule has 0 bridgehead atoms. The van der Waals surface area contributed by atoms with Gasteiger partial charge in [-0.3, -0.25) is 10.1 Å². The number of alkyl halides is 4. The second kappa shape index (κ2) is 10.8. The summed E-state index contributed by atoms with van der Waals surface area (Å²) < 4.78 is 69.2. The van der Waals surface area contributed by atoms with Gasteiger partial charge in [-0.05, 0) is 49.9 Å². The van der Waals surface area contributed by atoms with Crippen molar-refractivity contribution in [1.29, 1.82) is 0 Å². The molecule has 1 amide bonds. The third-order valence-corrected chi connectivity index (χ3v) is 7.74. The molecule has 4 unspecified atom stereocenters. The number of ether oxygens (including phenoxy) is 2. The smallest absolute Gasteiger partial charge is 0.508 e. The van der Waals surface area contributed by atoms with E-state index in [1.807, 2.05) is 0 Å². The van der Waals surface area contributed by atoms with Gasteiger partial charge in [0.15, 0.2) is 4.91 Å². The highest BCUT2D eigenvalue weighted by molar-refractivity contribution is 7.94. The van der Waals surface area contributed by atoms with E-state index in [0.717, 1.165) is 31.6 Å². The zero-order valence-electron chi connectivity index (χ0n) is 19.2. The monoisotopic (exact) mass is 539 g/mol. The molecule has 1 N–H and O–H groups in total. The molecular weight excluding hydrogens is 515 g/mol. The number of hydrogen-bond acceptors (Lipinski definition) is 8. The van der Waals surface area contributed by atoms with Crippen LogP contribution in [0, 0.1) is 12.3 Å². The van der Waals surface area contributed by atoms with Crippen LogP contribution in [0.3, 0.4) is 0 Å². The fourth-order valence-electron chi connectivity index (χ4n) is 4.13. The highest BCUT2D eigenvalue weighted by atomic mass is 35.5. The van der Waals surface area contributed by atoms with E-state index in [1.165, 1.54) is 13.8 Å². The number of aryl methyl sites for hydroxylation is 1. The minimum atomic E-state index is -4.89. The Labute approximate surface area is 207 Å². The molecule has 2 aliphatic carbocycles. The van der Waals surface area contributed by atoms with Crippen molar-refractivity contribution in [3.63, 3.8) is 0 Å². The number of halogens is 4. The third-order valence-electron chi connectivity index (χ3n) is 5.96. The van der Waals surface area contributed by atoms with Crippen LogP contribution in [-0.4, -0.2) is 56.8 Å². The molecular formula is C21H25ClF3N3O6S. The van der Waals surface area contributed by atoms with E-state index in [4.69, 9.17) is 25.5 Å². The van der Waals surface area contributed by atoms with Crippen molar-refractivity contribution >= 4 is 40.9 Å². The highest BCUT2D eigenvalue weighted by Gasteiger charge is 2.58. The number of allylic oxidation sites excluding steroid dienone is 3. The van der Waals surface area contributed by atoms with Crippen LogP contribution >= 0.6 is 11.6 Å². The molecule has 1 saturated carbocycles. The standard InChI is InChI=1S/C21H25ClF3N3O6S/c1-11(32-19(30)34-13-7-5-4-6-8-13)20(17(29)26-18-28-27-12(2)33-18)10-9-14(21(23,24)25)15(16(20)22)35(3)31/h9-11,13,16H,4-8H2,1-3H3,(H,26,28,29). The average molecular weight is 540 g/mol. The van der Waals surface area contributed by atoms with Crippen molar-refractivity contribution in [1.82, 2.24) is 10.2 Å². The molecule has 2 aliphatic rings. The number of nitrogens with one attached hydrogen (secondary N) is 1. The summed E-state index contributed by atoms with van der Waals surface area (Å²) in [5.74, 6) is -0.884. The fourth-order valence-corrected chi connectivity index (χ4v) is 5.96. The third kappa shape index (κ3) is 5.95. The molecule has 1 fully saturated rings. The minimum absolute atomic E-state index is 0.117. The number of amides is 1. The molecule has 35 heavy (non-hydrogen) atoms. The first-order chi connectivity index (χ1) is 16.4. The van der Waals surface area contributed by atoms with Crippen LogP contribution in [0.2, 0.25) is 0 Å². The Hall–Kier alpha value is -2.25. The van der Waals surface area contributed by atoms with E-state index in [2.05, 4.69) is 15.5 Å². The summed E-state index contributed by atoms with van der Waals surface area (Å²) >= 11 is 4.25. The Balaban J connectivity index is 1.96. The summed E-state index contributed by atoms with van der Waals surface area (Å²) in [6.07, 6.45) is -1.17. The number of carbonyl (C=O) groups excluding carboxylic acids is 2. The van der Waals surface area contributed by atoms with E-state index in [-0.39, 0.29) is 18.0 Å². The molecule has 3 rings (SSSR count). The number of carbonyl (C=O) groups is 2. The van der Waals surface area contributed by atoms with Gasteiger partial charge in [0.1, 0.15) is 34.8 Å². The maximum atomic E-state index is 13.7. The quantitative estimate of drug-likeness (QED) is 0.317. The summed E-state index contributed by atoms with van der Waals surface area (Å²) in [6, 6.07) is -0.342. The second-order valence-corrected chi connectivity index (χ2v) is 10.1. The highest BCUT2D eigenvalue weighted by Crippen LogP contribution is 2.48. The van der Waals surface area contributed by atoms with Crippen LogP contribution in [-0.2, 0) is 25.4 Å². The van der Waals surface area contributed by atoms with E-state index in [0.29, 0.717) is 18.9 Å². The van der Waals surface area contributed by atoms with Crippen LogP contribution in [0.5, 0.6) is 0 Å². The molecule has 0 saturated heterocycles. The summed E-state index contributed by atoms with van der Waals surface area (Å²) in [6.45, 7) is 2.75. The first kappa shape index (κ1) is 27.3. The first-order valence-electron chi connectivity index (χ1n) is 10.8. The lowest BCUT2D eigenvalue weighted by molar-refractivity contribution is -0.129. The van der Waals surface area contributed by atoms with Gasteiger partial charge in [-0.15, -0.1) is 16.7 Å². The van der Waals surface area contributed by atoms with Crippen molar-refractivity contribution in [2.45, 2.75) is 69.7 Å². The topological polar surface area (TPSA) is 127 Å². The van der Waals surface area contributed by atoms with Gasteiger partial charge in [-0.25, -0.2) is 4.79 Å². The first-order valence-corrected chi connectivity index (χ1v) is 12.8. The van der Waals surface area contributed by atoms with E-state index < -0.39 is 56.8 Å². The van der Waals surface area contributed by atoms with Crippen molar-refractivity contribution in [2.24, 2.45) is 5.41 Å². The summed E-state index contributed by atoms with van der Waals surface area (Å²) in [5, 5.41) is 7.71. The van der Waals surface area contributed by atoms with E-state index in [1.54, 1.807) is 0 Å². The Bertz CT molecular complexity index is 1010. The molecule has 14 heteroatoms. The molecule has 1 aromatic rings. The van der Waals surface area contributed by atoms with Gasteiger partial charge >= 0.3 is 18.3 Å². The van der Waals surface area contributed by atoms with Crippen LogP contribution in [0.1, 0.15) is 44.9 Å². The zero-order valence-corrected chi connectivity index (χ0v) is 20.8. The zero-order chi connectivity index (χ0) is 26.0. The van der Waals surface area contributed by atoms with Crippen molar-refractivity contribution in [2.75, 3.05) is 11.6 Å². The fraction of sp³-hybridized carbons (Fsp3) is 0.619. The minimum Gasteiger partial charge on any atom is -0.612 e. The van der Waals surface area contributed by atoms with Crippen LogP contribution in [0.4, 0.5) is 24.0 Å².